The molecule has 0 aliphatic heterocycles. The fourth-order valence-corrected chi connectivity index (χ4v) is 2.68. The van der Waals surface area contributed by atoms with Crippen molar-refractivity contribution in [3.63, 3.8) is 0 Å². The summed E-state index contributed by atoms with van der Waals surface area (Å²) in [6.07, 6.45) is 0. The summed E-state index contributed by atoms with van der Waals surface area (Å²) in [5, 5.41) is 2.01. The molecule has 0 aliphatic rings. The molecule has 0 atom stereocenters. The Hall–Kier alpha value is -1.32. The Bertz CT molecular complexity index is 566. The zero-order valence-electron chi connectivity index (χ0n) is 11.0. The lowest BCUT2D eigenvalue weighted by atomic mass is 10.1. The zero-order chi connectivity index (χ0) is 13.8. The van der Waals surface area contributed by atoms with E-state index in [9.17, 15) is 4.79 Å². The summed E-state index contributed by atoms with van der Waals surface area (Å²) < 4.78 is 0. The van der Waals surface area contributed by atoms with Gasteiger partial charge < -0.3 is 4.90 Å². The molecule has 1 amide bonds. The van der Waals surface area contributed by atoms with Crippen LogP contribution in [0.15, 0.2) is 35.7 Å². The zero-order valence-corrected chi connectivity index (χ0v) is 12.6. The largest absolute Gasteiger partial charge is 0.306 e. The Morgan fingerprint density at radius 1 is 1.26 bits per heavy atom. The number of carbonyl (C=O) groups is 1. The molecule has 1 aromatic heterocycles. The summed E-state index contributed by atoms with van der Waals surface area (Å²) in [6.45, 7) is 4.69. The lowest BCUT2D eigenvalue weighted by Gasteiger charge is -2.22. The number of halogens is 1. The van der Waals surface area contributed by atoms with Crippen molar-refractivity contribution >= 4 is 34.5 Å². The number of benzene rings is 1. The van der Waals surface area contributed by atoms with Gasteiger partial charge in [-0.05, 0) is 48.6 Å². The number of hydrogen-bond donors (Lipinski definition) is 0. The van der Waals surface area contributed by atoms with Crippen LogP contribution in [0.1, 0.15) is 16.0 Å². The molecule has 19 heavy (non-hydrogen) atoms. The highest BCUT2D eigenvalue weighted by atomic mass is 35.5. The molecule has 0 spiro atoms. The molecule has 4 heteroatoms. The first kappa shape index (κ1) is 14.1. The van der Waals surface area contributed by atoms with Crippen LogP contribution in [0.3, 0.4) is 0 Å². The van der Waals surface area contributed by atoms with Crippen molar-refractivity contribution < 1.29 is 4.79 Å². The SMILES string of the molecule is Cc1ccc(N(Cc2cccs2)C(=O)CCl)cc1C. The molecule has 100 valence electrons. The van der Waals surface area contributed by atoms with Gasteiger partial charge >= 0.3 is 0 Å². The highest BCUT2D eigenvalue weighted by Crippen LogP contribution is 2.23. The molecular formula is C15H16ClNOS. The number of anilines is 1. The van der Waals surface area contributed by atoms with Crippen LogP contribution in [0, 0.1) is 13.8 Å². The number of nitrogens with zero attached hydrogens (tertiary/aromatic N) is 1. The summed E-state index contributed by atoms with van der Waals surface area (Å²) in [4.78, 5) is 14.9. The van der Waals surface area contributed by atoms with Crippen LogP contribution < -0.4 is 4.90 Å². The minimum Gasteiger partial charge on any atom is -0.306 e. The standard InChI is InChI=1S/C15H16ClNOS/c1-11-5-6-13(8-12(11)2)17(15(18)9-16)10-14-4-3-7-19-14/h3-8H,9-10H2,1-2H3. The van der Waals surface area contributed by atoms with Gasteiger partial charge in [-0.25, -0.2) is 0 Å². The van der Waals surface area contributed by atoms with E-state index in [0.717, 1.165) is 10.6 Å². The fourth-order valence-electron chi connectivity index (χ4n) is 1.85. The Morgan fingerprint density at radius 3 is 2.63 bits per heavy atom. The van der Waals surface area contributed by atoms with Crippen molar-refractivity contribution in [1.82, 2.24) is 0 Å². The van der Waals surface area contributed by atoms with Gasteiger partial charge in [-0.3, -0.25) is 4.79 Å². The molecule has 2 aromatic rings. The van der Waals surface area contributed by atoms with Gasteiger partial charge in [-0.1, -0.05) is 12.1 Å². The average Bonchev–Trinajstić information content (AvgIpc) is 2.91. The molecule has 2 nitrogen and oxygen atoms in total. The maximum Gasteiger partial charge on any atom is 0.242 e. The number of hydrogen-bond acceptors (Lipinski definition) is 2. The third-order valence-corrected chi connectivity index (χ3v) is 4.20. The van der Waals surface area contributed by atoms with Crippen molar-refractivity contribution in [2.45, 2.75) is 20.4 Å². The second kappa shape index (κ2) is 6.22. The smallest absolute Gasteiger partial charge is 0.242 e. The van der Waals surface area contributed by atoms with E-state index < -0.39 is 0 Å². The average molecular weight is 294 g/mol. The lowest BCUT2D eigenvalue weighted by molar-refractivity contribution is -0.116. The lowest BCUT2D eigenvalue weighted by Crippen LogP contribution is -2.31. The van der Waals surface area contributed by atoms with E-state index in [1.165, 1.54) is 11.1 Å². The first-order valence-corrected chi connectivity index (χ1v) is 7.49. The van der Waals surface area contributed by atoms with Crippen LogP contribution in [0.2, 0.25) is 0 Å². The second-order valence-corrected chi connectivity index (χ2v) is 5.76. The van der Waals surface area contributed by atoms with Gasteiger partial charge in [0.15, 0.2) is 0 Å². The van der Waals surface area contributed by atoms with Gasteiger partial charge in [-0.2, -0.15) is 0 Å². The van der Waals surface area contributed by atoms with Gasteiger partial charge in [0.25, 0.3) is 0 Å². The topological polar surface area (TPSA) is 20.3 Å². The third kappa shape index (κ3) is 3.37. The molecule has 1 aromatic carbocycles. The summed E-state index contributed by atoms with van der Waals surface area (Å²) in [5.74, 6) is -0.0727. The van der Waals surface area contributed by atoms with Crippen LogP contribution in [0.4, 0.5) is 5.69 Å². The molecular weight excluding hydrogens is 278 g/mol. The maximum absolute atomic E-state index is 12.0. The molecule has 0 unspecified atom stereocenters. The minimum atomic E-state index is -0.0710. The van der Waals surface area contributed by atoms with Crippen LogP contribution in [0.5, 0.6) is 0 Å². The normalized spacial score (nSPS) is 10.5. The maximum atomic E-state index is 12.0. The van der Waals surface area contributed by atoms with Crippen LogP contribution >= 0.6 is 22.9 Å². The highest BCUT2D eigenvalue weighted by Gasteiger charge is 2.16. The van der Waals surface area contributed by atoms with Crippen molar-refractivity contribution in [1.29, 1.82) is 0 Å². The molecule has 2 rings (SSSR count). The van der Waals surface area contributed by atoms with E-state index >= 15 is 0 Å². The number of aryl methyl sites for hydroxylation is 2. The van der Waals surface area contributed by atoms with Crippen LogP contribution in [0.25, 0.3) is 0 Å². The summed E-state index contributed by atoms with van der Waals surface area (Å²) in [7, 11) is 0. The third-order valence-electron chi connectivity index (χ3n) is 3.11. The fraction of sp³-hybridized carbons (Fsp3) is 0.267. The summed E-state index contributed by atoms with van der Waals surface area (Å²) in [5.41, 5.74) is 3.30. The minimum absolute atomic E-state index is 0.00169. The first-order chi connectivity index (χ1) is 9.11. The van der Waals surface area contributed by atoms with E-state index in [4.69, 9.17) is 11.6 Å². The number of carbonyl (C=O) groups excluding carboxylic acids is 1. The number of alkyl halides is 1. The molecule has 0 radical (unpaired) electrons. The second-order valence-electron chi connectivity index (χ2n) is 4.46. The van der Waals surface area contributed by atoms with Gasteiger partial charge in [0.2, 0.25) is 5.91 Å². The van der Waals surface area contributed by atoms with Crippen molar-refractivity contribution in [2.75, 3.05) is 10.8 Å². The summed E-state index contributed by atoms with van der Waals surface area (Å²) >= 11 is 7.36. The van der Waals surface area contributed by atoms with Crippen LogP contribution in [-0.4, -0.2) is 11.8 Å². The van der Waals surface area contributed by atoms with E-state index in [2.05, 4.69) is 6.92 Å². The number of thiophene rings is 1. The predicted molar refractivity (Wildman–Crippen MR) is 82.1 cm³/mol. The van der Waals surface area contributed by atoms with E-state index in [0.29, 0.717) is 6.54 Å². The molecule has 0 fully saturated rings. The predicted octanol–water partition coefficient (Wildman–Crippen LogP) is 4.14. The summed E-state index contributed by atoms with van der Waals surface area (Å²) in [6, 6.07) is 10.1. The Morgan fingerprint density at radius 2 is 2.05 bits per heavy atom. The van der Waals surface area contributed by atoms with Crippen LogP contribution in [-0.2, 0) is 11.3 Å². The number of rotatable bonds is 4. The monoisotopic (exact) mass is 293 g/mol. The Kier molecular flexibility index (Phi) is 4.61. The molecule has 1 heterocycles. The van der Waals surface area contributed by atoms with Crippen molar-refractivity contribution in [3.05, 3.63) is 51.7 Å². The van der Waals surface area contributed by atoms with Crippen molar-refractivity contribution in [2.24, 2.45) is 0 Å². The molecule has 0 bridgehead atoms. The van der Waals surface area contributed by atoms with E-state index in [1.807, 2.05) is 42.6 Å². The molecule has 0 saturated carbocycles. The van der Waals surface area contributed by atoms with Gasteiger partial charge in [0.1, 0.15) is 5.88 Å². The van der Waals surface area contributed by atoms with Gasteiger partial charge in [-0.15, -0.1) is 22.9 Å². The van der Waals surface area contributed by atoms with Gasteiger partial charge in [0, 0.05) is 10.6 Å². The Labute approximate surface area is 122 Å². The van der Waals surface area contributed by atoms with E-state index in [1.54, 1.807) is 16.2 Å². The highest BCUT2D eigenvalue weighted by molar-refractivity contribution is 7.09. The number of amides is 1. The quantitative estimate of drug-likeness (QED) is 0.776. The molecule has 0 N–H and O–H groups in total. The van der Waals surface area contributed by atoms with Crippen molar-refractivity contribution in [3.8, 4) is 0 Å². The Balaban J connectivity index is 2.31. The van der Waals surface area contributed by atoms with Gasteiger partial charge in [0.05, 0.1) is 6.54 Å². The first-order valence-electron chi connectivity index (χ1n) is 6.08. The van der Waals surface area contributed by atoms with E-state index in [-0.39, 0.29) is 11.8 Å². The molecule has 0 saturated heterocycles. The molecule has 0 aliphatic carbocycles.